The standard InChI is InChI=1S/C20H32N2O4.ClH/c1-5-24-18-11-15(12-21-13-16-7-6-10-25-16)8-9-17(18)26-14-19(23)22-20(2,3)4;/h8-9,11,16,21H,5-7,10,12-14H2,1-4H3,(H,22,23);1H. The molecule has 0 radical (unpaired) electrons. The lowest BCUT2D eigenvalue weighted by Crippen LogP contribution is -2.43. The monoisotopic (exact) mass is 400 g/mol. The molecule has 0 aliphatic carbocycles. The average molecular weight is 401 g/mol. The summed E-state index contributed by atoms with van der Waals surface area (Å²) in [7, 11) is 0. The maximum Gasteiger partial charge on any atom is 0.258 e. The van der Waals surface area contributed by atoms with Gasteiger partial charge in [-0.1, -0.05) is 6.07 Å². The van der Waals surface area contributed by atoms with E-state index >= 15 is 0 Å². The summed E-state index contributed by atoms with van der Waals surface area (Å²) in [5, 5.41) is 6.30. The Hall–Kier alpha value is -1.50. The molecule has 0 bridgehead atoms. The summed E-state index contributed by atoms with van der Waals surface area (Å²) in [6, 6.07) is 5.81. The van der Waals surface area contributed by atoms with Crippen LogP contribution in [0.4, 0.5) is 0 Å². The first kappa shape index (κ1) is 23.5. The van der Waals surface area contributed by atoms with Crippen LogP contribution in [0.5, 0.6) is 11.5 Å². The van der Waals surface area contributed by atoms with Crippen molar-refractivity contribution >= 4 is 18.3 Å². The molecule has 154 valence electrons. The smallest absolute Gasteiger partial charge is 0.258 e. The van der Waals surface area contributed by atoms with Crippen molar-refractivity contribution in [1.82, 2.24) is 10.6 Å². The maximum atomic E-state index is 11.9. The van der Waals surface area contributed by atoms with Crippen molar-refractivity contribution in [3.05, 3.63) is 23.8 Å². The summed E-state index contributed by atoms with van der Waals surface area (Å²) >= 11 is 0. The van der Waals surface area contributed by atoms with Crippen LogP contribution in [-0.2, 0) is 16.1 Å². The summed E-state index contributed by atoms with van der Waals surface area (Å²) in [5.41, 5.74) is 0.833. The number of hydrogen-bond donors (Lipinski definition) is 2. The number of carbonyl (C=O) groups is 1. The van der Waals surface area contributed by atoms with E-state index in [1.54, 1.807) is 0 Å². The van der Waals surface area contributed by atoms with Gasteiger partial charge in [-0.2, -0.15) is 0 Å². The van der Waals surface area contributed by atoms with Crippen LogP contribution >= 0.6 is 12.4 Å². The van der Waals surface area contributed by atoms with Gasteiger partial charge >= 0.3 is 0 Å². The van der Waals surface area contributed by atoms with Crippen molar-refractivity contribution < 1.29 is 19.0 Å². The highest BCUT2D eigenvalue weighted by Crippen LogP contribution is 2.28. The molecule has 1 aliphatic rings. The quantitative estimate of drug-likeness (QED) is 0.666. The highest BCUT2D eigenvalue weighted by atomic mass is 35.5. The van der Waals surface area contributed by atoms with Gasteiger partial charge in [0.2, 0.25) is 0 Å². The largest absolute Gasteiger partial charge is 0.490 e. The van der Waals surface area contributed by atoms with E-state index in [1.165, 1.54) is 0 Å². The summed E-state index contributed by atoms with van der Waals surface area (Å²) < 4.78 is 17.0. The van der Waals surface area contributed by atoms with Gasteiger partial charge in [0.15, 0.2) is 18.1 Å². The van der Waals surface area contributed by atoms with Crippen molar-refractivity contribution in [2.24, 2.45) is 0 Å². The van der Waals surface area contributed by atoms with E-state index in [1.807, 2.05) is 45.9 Å². The third-order valence-electron chi connectivity index (χ3n) is 3.91. The second kappa shape index (κ2) is 11.4. The third-order valence-corrected chi connectivity index (χ3v) is 3.91. The minimum Gasteiger partial charge on any atom is -0.490 e. The van der Waals surface area contributed by atoms with Crippen LogP contribution in [0.3, 0.4) is 0 Å². The number of hydrogen-bond acceptors (Lipinski definition) is 5. The predicted molar refractivity (Wildman–Crippen MR) is 109 cm³/mol. The molecule has 1 saturated heterocycles. The minimum atomic E-state index is -0.276. The highest BCUT2D eigenvalue weighted by molar-refractivity contribution is 5.85. The molecule has 7 heteroatoms. The molecule has 1 unspecified atom stereocenters. The molecule has 1 atom stereocenters. The number of halogens is 1. The zero-order chi connectivity index (χ0) is 19.0. The van der Waals surface area contributed by atoms with Crippen LogP contribution in [0.15, 0.2) is 18.2 Å². The molecule has 1 amide bonds. The maximum absolute atomic E-state index is 11.9. The lowest BCUT2D eigenvalue weighted by molar-refractivity contribution is -0.124. The van der Waals surface area contributed by atoms with Crippen molar-refractivity contribution in [2.45, 2.75) is 58.7 Å². The van der Waals surface area contributed by atoms with Gasteiger partial charge in [-0.05, 0) is 58.2 Å². The predicted octanol–water partition coefficient (Wildman–Crippen LogP) is 3.07. The molecule has 1 fully saturated rings. The Kier molecular flexibility index (Phi) is 9.91. The first-order valence-corrected chi connectivity index (χ1v) is 9.39. The van der Waals surface area contributed by atoms with Crippen molar-refractivity contribution in [3.63, 3.8) is 0 Å². The second-order valence-corrected chi connectivity index (χ2v) is 7.57. The van der Waals surface area contributed by atoms with Crippen molar-refractivity contribution in [2.75, 3.05) is 26.4 Å². The van der Waals surface area contributed by atoms with E-state index in [0.717, 1.165) is 38.1 Å². The van der Waals surface area contributed by atoms with Crippen molar-refractivity contribution in [1.29, 1.82) is 0 Å². The Morgan fingerprint density at radius 2 is 2.04 bits per heavy atom. The fraction of sp³-hybridized carbons (Fsp3) is 0.650. The molecule has 1 aromatic rings. The number of benzene rings is 1. The van der Waals surface area contributed by atoms with Gasteiger partial charge in [0, 0.05) is 25.2 Å². The lowest BCUT2D eigenvalue weighted by Gasteiger charge is -2.21. The number of carbonyl (C=O) groups excluding carboxylic acids is 1. The minimum absolute atomic E-state index is 0. The number of nitrogens with one attached hydrogen (secondary N) is 2. The fourth-order valence-electron chi connectivity index (χ4n) is 2.83. The molecule has 2 rings (SSSR count). The Morgan fingerprint density at radius 1 is 1.26 bits per heavy atom. The lowest BCUT2D eigenvalue weighted by atomic mass is 10.1. The van der Waals surface area contributed by atoms with Crippen LogP contribution in [0.2, 0.25) is 0 Å². The van der Waals surface area contributed by atoms with Gasteiger partial charge in [-0.25, -0.2) is 0 Å². The van der Waals surface area contributed by atoms with Crippen LogP contribution in [0.1, 0.15) is 46.1 Å². The molecular weight excluding hydrogens is 368 g/mol. The van der Waals surface area contributed by atoms with Gasteiger partial charge < -0.3 is 24.8 Å². The van der Waals surface area contributed by atoms with E-state index in [9.17, 15) is 4.79 Å². The molecule has 0 spiro atoms. The topological polar surface area (TPSA) is 68.8 Å². The van der Waals surface area contributed by atoms with Crippen LogP contribution in [0, 0.1) is 0 Å². The molecule has 0 aromatic heterocycles. The molecule has 1 aliphatic heterocycles. The molecule has 2 N–H and O–H groups in total. The first-order valence-electron chi connectivity index (χ1n) is 9.39. The van der Waals surface area contributed by atoms with Crippen LogP contribution in [0.25, 0.3) is 0 Å². The SMILES string of the molecule is CCOc1cc(CNCC2CCCO2)ccc1OCC(=O)NC(C)(C)C.Cl. The average Bonchev–Trinajstić information content (AvgIpc) is 3.06. The highest BCUT2D eigenvalue weighted by Gasteiger charge is 2.16. The Labute approximate surface area is 168 Å². The normalized spacial score (nSPS) is 16.5. The second-order valence-electron chi connectivity index (χ2n) is 7.57. The molecule has 27 heavy (non-hydrogen) atoms. The molecule has 6 nitrogen and oxygen atoms in total. The van der Waals surface area contributed by atoms with E-state index in [4.69, 9.17) is 14.2 Å². The van der Waals surface area contributed by atoms with Crippen molar-refractivity contribution in [3.8, 4) is 11.5 Å². The first-order chi connectivity index (χ1) is 12.4. The van der Waals surface area contributed by atoms with E-state index in [-0.39, 0.29) is 30.5 Å². The Morgan fingerprint density at radius 3 is 2.67 bits per heavy atom. The fourth-order valence-corrected chi connectivity index (χ4v) is 2.83. The number of amides is 1. The van der Waals surface area contributed by atoms with Crippen LogP contribution in [-0.4, -0.2) is 43.9 Å². The van der Waals surface area contributed by atoms with Gasteiger partial charge in [-0.15, -0.1) is 12.4 Å². The van der Waals surface area contributed by atoms with Crippen LogP contribution < -0.4 is 20.1 Å². The van der Waals surface area contributed by atoms with Gasteiger partial charge in [0.1, 0.15) is 0 Å². The van der Waals surface area contributed by atoms with Gasteiger partial charge in [-0.3, -0.25) is 4.79 Å². The Bertz CT molecular complexity index is 584. The zero-order valence-corrected chi connectivity index (χ0v) is 17.6. The van der Waals surface area contributed by atoms with Gasteiger partial charge in [0.05, 0.1) is 12.7 Å². The molecule has 0 saturated carbocycles. The number of rotatable bonds is 9. The molecule has 1 aromatic carbocycles. The summed E-state index contributed by atoms with van der Waals surface area (Å²) in [6.45, 7) is 10.7. The summed E-state index contributed by atoms with van der Waals surface area (Å²) in [5.74, 6) is 1.09. The summed E-state index contributed by atoms with van der Waals surface area (Å²) in [6.07, 6.45) is 2.60. The van der Waals surface area contributed by atoms with E-state index < -0.39 is 0 Å². The van der Waals surface area contributed by atoms with E-state index in [2.05, 4.69) is 10.6 Å². The van der Waals surface area contributed by atoms with E-state index in [0.29, 0.717) is 24.2 Å². The molecule has 1 heterocycles. The molecular formula is C20H33ClN2O4. The third kappa shape index (κ3) is 8.82. The number of ether oxygens (including phenoxy) is 3. The Balaban J connectivity index is 0.00000364. The summed E-state index contributed by atoms with van der Waals surface area (Å²) in [4.78, 5) is 11.9. The zero-order valence-electron chi connectivity index (χ0n) is 16.8. The van der Waals surface area contributed by atoms with Gasteiger partial charge in [0.25, 0.3) is 5.91 Å².